The zero-order valence-electron chi connectivity index (χ0n) is 14.2. The first-order valence-corrected chi connectivity index (χ1v) is 7.87. The van der Waals surface area contributed by atoms with Crippen molar-refractivity contribution in [3.63, 3.8) is 0 Å². The molecule has 1 saturated heterocycles. The highest BCUT2D eigenvalue weighted by molar-refractivity contribution is 5.98. The van der Waals surface area contributed by atoms with E-state index in [-0.39, 0.29) is 12.4 Å². The highest BCUT2D eigenvalue weighted by Gasteiger charge is 2.37. The van der Waals surface area contributed by atoms with Gasteiger partial charge in [0.1, 0.15) is 11.6 Å². The molecular formula is C17H22N2O5. The smallest absolute Gasteiger partial charge is 0.411 e. The van der Waals surface area contributed by atoms with Gasteiger partial charge in [-0.15, -0.1) is 0 Å². The predicted octanol–water partition coefficient (Wildman–Crippen LogP) is 2.21. The zero-order chi connectivity index (χ0) is 17.7. The molecule has 1 atom stereocenters. The number of likely N-dealkylation sites (tertiary alicyclic amines) is 1. The van der Waals surface area contributed by atoms with Gasteiger partial charge in [-0.3, -0.25) is 14.7 Å². The van der Waals surface area contributed by atoms with Crippen molar-refractivity contribution >= 4 is 17.8 Å². The van der Waals surface area contributed by atoms with Crippen LogP contribution in [0.2, 0.25) is 0 Å². The predicted molar refractivity (Wildman–Crippen MR) is 85.5 cm³/mol. The van der Waals surface area contributed by atoms with E-state index in [1.54, 1.807) is 32.9 Å². The van der Waals surface area contributed by atoms with Crippen molar-refractivity contribution in [3.8, 4) is 0 Å². The molecule has 0 bridgehead atoms. The Hall–Kier alpha value is -2.44. The van der Waals surface area contributed by atoms with Gasteiger partial charge in [0.25, 0.3) is 0 Å². The van der Waals surface area contributed by atoms with Gasteiger partial charge in [-0.2, -0.15) is 0 Å². The van der Waals surface area contributed by atoms with E-state index in [9.17, 15) is 14.4 Å². The lowest BCUT2D eigenvalue weighted by Gasteiger charge is -2.27. The molecule has 130 valence electrons. The van der Waals surface area contributed by atoms with E-state index < -0.39 is 23.7 Å². The quantitative estimate of drug-likeness (QED) is 0.620. The molecule has 0 aliphatic carbocycles. The SMILES string of the molecule is CC(C)(C)OC(=O)N1CCCC1C(=O)OCC(=O)c1ccncc1. The molecule has 2 heterocycles. The van der Waals surface area contributed by atoms with E-state index in [2.05, 4.69) is 4.98 Å². The highest BCUT2D eigenvalue weighted by atomic mass is 16.6. The molecule has 2 rings (SSSR count). The Balaban J connectivity index is 1.91. The molecule has 24 heavy (non-hydrogen) atoms. The molecule has 1 amide bonds. The zero-order valence-corrected chi connectivity index (χ0v) is 14.2. The molecule has 7 heteroatoms. The summed E-state index contributed by atoms with van der Waals surface area (Å²) in [7, 11) is 0. The number of esters is 1. The molecule has 1 aliphatic heterocycles. The van der Waals surface area contributed by atoms with Crippen LogP contribution >= 0.6 is 0 Å². The molecule has 1 aromatic heterocycles. The third kappa shape index (κ3) is 4.78. The summed E-state index contributed by atoms with van der Waals surface area (Å²) in [5, 5.41) is 0. The lowest BCUT2D eigenvalue weighted by Crippen LogP contribution is -2.44. The summed E-state index contributed by atoms with van der Waals surface area (Å²) in [5.74, 6) is -0.895. The van der Waals surface area contributed by atoms with E-state index in [0.717, 1.165) is 0 Å². The molecule has 7 nitrogen and oxygen atoms in total. The standard InChI is InChI=1S/C17H22N2O5/c1-17(2,3)24-16(22)19-10-4-5-13(19)15(21)23-11-14(20)12-6-8-18-9-7-12/h6-9,13H,4-5,10-11H2,1-3H3. The fourth-order valence-electron chi connectivity index (χ4n) is 2.40. The number of hydrogen-bond acceptors (Lipinski definition) is 6. The summed E-state index contributed by atoms with van der Waals surface area (Å²) in [6.07, 6.45) is 3.65. The highest BCUT2D eigenvalue weighted by Crippen LogP contribution is 2.21. The van der Waals surface area contributed by atoms with Crippen molar-refractivity contribution in [2.45, 2.75) is 45.3 Å². The number of aromatic nitrogens is 1. The maximum Gasteiger partial charge on any atom is 0.411 e. The first-order valence-electron chi connectivity index (χ1n) is 7.87. The topological polar surface area (TPSA) is 85.8 Å². The van der Waals surface area contributed by atoms with Crippen LogP contribution < -0.4 is 0 Å². The van der Waals surface area contributed by atoms with Crippen LogP contribution in [0, 0.1) is 0 Å². The summed E-state index contributed by atoms with van der Waals surface area (Å²) in [4.78, 5) is 41.5. The summed E-state index contributed by atoms with van der Waals surface area (Å²) in [5.41, 5.74) is -0.209. The number of hydrogen-bond donors (Lipinski definition) is 0. The fraction of sp³-hybridized carbons (Fsp3) is 0.529. The lowest BCUT2D eigenvalue weighted by molar-refractivity contribution is -0.147. The molecule has 0 saturated carbocycles. The van der Waals surface area contributed by atoms with Gasteiger partial charge in [0.2, 0.25) is 0 Å². The van der Waals surface area contributed by atoms with Crippen LogP contribution in [-0.4, -0.2) is 52.5 Å². The Labute approximate surface area is 140 Å². The molecule has 1 fully saturated rings. The average Bonchev–Trinajstić information content (AvgIpc) is 3.01. The van der Waals surface area contributed by atoms with Crippen LogP contribution in [0.3, 0.4) is 0 Å². The van der Waals surface area contributed by atoms with Crippen molar-refractivity contribution in [2.24, 2.45) is 0 Å². The van der Waals surface area contributed by atoms with Gasteiger partial charge in [0.05, 0.1) is 0 Å². The Morgan fingerprint density at radius 1 is 1.25 bits per heavy atom. The third-order valence-electron chi connectivity index (χ3n) is 3.50. The fourth-order valence-corrected chi connectivity index (χ4v) is 2.40. The van der Waals surface area contributed by atoms with Gasteiger partial charge >= 0.3 is 12.1 Å². The minimum Gasteiger partial charge on any atom is -0.456 e. The Kier molecular flexibility index (Phi) is 5.54. The van der Waals surface area contributed by atoms with Crippen molar-refractivity contribution in [1.29, 1.82) is 0 Å². The number of nitrogens with zero attached hydrogens (tertiary/aromatic N) is 2. The van der Waals surface area contributed by atoms with Crippen molar-refractivity contribution in [2.75, 3.05) is 13.2 Å². The average molecular weight is 334 g/mol. The summed E-state index contributed by atoms with van der Waals surface area (Å²) in [6, 6.07) is 2.40. The lowest BCUT2D eigenvalue weighted by atomic mass is 10.2. The van der Waals surface area contributed by atoms with E-state index in [1.807, 2.05) is 0 Å². The Bertz CT molecular complexity index is 609. The van der Waals surface area contributed by atoms with Gasteiger partial charge in [-0.25, -0.2) is 9.59 Å². The number of amides is 1. The van der Waals surface area contributed by atoms with Crippen LogP contribution in [0.15, 0.2) is 24.5 Å². The van der Waals surface area contributed by atoms with E-state index >= 15 is 0 Å². The van der Waals surface area contributed by atoms with Crippen molar-refractivity contribution < 1.29 is 23.9 Å². The summed E-state index contributed by atoms with van der Waals surface area (Å²) < 4.78 is 10.4. The molecule has 1 aliphatic rings. The van der Waals surface area contributed by atoms with Crippen molar-refractivity contribution in [3.05, 3.63) is 30.1 Å². The first-order chi connectivity index (χ1) is 11.3. The van der Waals surface area contributed by atoms with E-state index in [1.165, 1.54) is 17.3 Å². The van der Waals surface area contributed by atoms with Crippen molar-refractivity contribution in [1.82, 2.24) is 9.88 Å². The minimum absolute atomic E-state index is 0.312. The molecule has 1 aromatic rings. The monoisotopic (exact) mass is 334 g/mol. The summed E-state index contributed by atoms with van der Waals surface area (Å²) in [6.45, 7) is 5.37. The number of carbonyl (C=O) groups excluding carboxylic acids is 3. The summed E-state index contributed by atoms with van der Waals surface area (Å²) >= 11 is 0. The van der Waals surface area contributed by atoms with Gasteiger partial charge in [0.15, 0.2) is 12.4 Å². The van der Waals surface area contributed by atoms with Gasteiger partial charge in [-0.05, 0) is 45.7 Å². The van der Waals surface area contributed by atoms with Gasteiger partial charge in [-0.1, -0.05) is 0 Å². The number of rotatable bonds is 4. The Morgan fingerprint density at radius 3 is 2.54 bits per heavy atom. The van der Waals surface area contributed by atoms with Crippen LogP contribution in [0.4, 0.5) is 4.79 Å². The van der Waals surface area contributed by atoms with E-state index in [0.29, 0.717) is 24.9 Å². The molecule has 0 N–H and O–H groups in total. The first kappa shape index (κ1) is 17.9. The second-order valence-electron chi connectivity index (χ2n) is 6.60. The second-order valence-corrected chi connectivity index (χ2v) is 6.60. The number of ketones is 1. The van der Waals surface area contributed by atoms with Crippen LogP contribution in [0.1, 0.15) is 44.0 Å². The number of pyridine rings is 1. The molecular weight excluding hydrogens is 312 g/mol. The number of Topliss-reactive ketones (excluding diaryl/α,β-unsaturated/α-hetero) is 1. The minimum atomic E-state index is -0.704. The van der Waals surface area contributed by atoms with Crippen LogP contribution in [0.25, 0.3) is 0 Å². The van der Waals surface area contributed by atoms with Gasteiger partial charge < -0.3 is 9.47 Å². The largest absolute Gasteiger partial charge is 0.456 e. The second kappa shape index (κ2) is 7.42. The molecule has 0 radical (unpaired) electrons. The number of carbonyl (C=O) groups is 3. The van der Waals surface area contributed by atoms with E-state index in [4.69, 9.17) is 9.47 Å². The molecule has 1 unspecified atom stereocenters. The normalized spacial score (nSPS) is 17.5. The Morgan fingerprint density at radius 2 is 1.92 bits per heavy atom. The maximum absolute atomic E-state index is 12.2. The maximum atomic E-state index is 12.2. The molecule has 0 aromatic carbocycles. The van der Waals surface area contributed by atoms with Crippen LogP contribution in [-0.2, 0) is 14.3 Å². The van der Waals surface area contributed by atoms with Gasteiger partial charge in [0, 0.05) is 24.5 Å². The molecule has 0 spiro atoms. The van der Waals surface area contributed by atoms with Crippen LogP contribution in [0.5, 0.6) is 0 Å². The third-order valence-corrected chi connectivity index (χ3v) is 3.50. The number of ether oxygens (including phenoxy) is 2.